The molecule has 0 aliphatic rings. The molecule has 3 rings (SSSR count). The first-order chi connectivity index (χ1) is 12.8. The second-order valence-corrected chi connectivity index (χ2v) is 9.02. The molecule has 0 unspecified atom stereocenters. The van der Waals surface area contributed by atoms with E-state index in [1.807, 2.05) is 24.3 Å². The van der Waals surface area contributed by atoms with E-state index in [9.17, 15) is 8.42 Å². The fourth-order valence-electron chi connectivity index (χ4n) is 2.43. The highest BCUT2D eigenvalue weighted by molar-refractivity contribution is 7.90. The molecule has 1 aromatic heterocycles. The lowest BCUT2D eigenvalue weighted by atomic mass is 10.1. The number of thiocarbonyl (C=S) groups is 1. The van der Waals surface area contributed by atoms with Gasteiger partial charge in [-0.3, -0.25) is 4.98 Å². The Kier molecular flexibility index (Phi) is 5.81. The topological polar surface area (TPSA) is 59.1 Å². The fraction of sp³-hybridized carbons (Fsp3) is 0.0526. The van der Waals surface area contributed by atoms with E-state index in [1.54, 1.807) is 24.4 Å². The van der Waals surface area contributed by atoms with E-state index in [2.05, 4.69) is 10.3 Å². The van der Waals surface area contributed by atoms with E-state index < -0.39 is 9.84 Å². The van der Waals surface area contributed by atoms with Gasteiger partial charge in [0.25, 0.3) is 0 Å². The van der Waals surface area contributed by atoms with Gasteiger partial charge in [-0.2, -0.15) is 0 Å². The molecule has 0 fully saturated rings. The Bertz CT molecular complexity index is 1120. The van der Waals surface area contributed by atoms with E-state index in [0.29, 0.717) is 21.3 Å². The van der Waals surface area contributed by atoms with E-state index in [-0.39, 0.29) is 9.92 Å². The zero-order valence-corrected chi connectivity index (χ0v) is 17.3. The molecule has 0 amide bonds. The third-order valence-electron chi connectivity index (χ3n) is 3.78. The number of halogens is 2. The summed E-state index contributed by atoms with van der Waals surface area (Å²) in [5.74, 6) is 0. The van der Waals surface area contributed by atoms with Crippen LogP contribution in [0.4, 0.5) is 5.69 Å². The first kappa shape index (κ1) is 19.8. The Labute approximate surface area is 173 Å². The molecule has 1 N–H and O–H groups in total. The van der Waals surface area contributed by atoms with Crippen LogP contribution in [0.25, 0.3) is 11.3 Å². The molecule has 0 atom stereocenters. The molecule has 2 aromatic carbocycles. The van der Waals surface area contributed by atoms with Crippen LogP contribution in [0.3, 0.4) is 0 Å². The number of hydrogen-bond acceptors (Lipinski definition) is 4. The van der Waals surface area contributed by atoms with Gasteiger partial charge in [0, 0.05) is 29.3 Å². The van der Waals surface area contributed by atoms with Crippen molar-refractivity contribution >= 4 is 55.9 Å². The molecule has 4 nitrogen and oxygen atoms in total. The molecule has 3 aromatic rings. The van der Waals surface area contributed by atoms with Crippen molar-refractivity contribution in [1.29, 1.82) is 0 Å². The molecule has 0 bridgehead atoms. The van der Waals surface area contributed by atoms with Crippen LogP contribution in [-0.4, -0.2) is 24.6 Å². The molecular formula is C19H14Cl2N2O2S2. The maximum Gasteiger partial charge on any atom is 0.175 e. The number of anilines is 1. The third kappa shape index (κ3) is 4.65. The largest absolute Gasteiger partial charge is 0.346 e. The zero-order chi connectivity index (χ0) is 19.6. The summed E-state index contributed by atoms with van der Waals surface area (Å²) in [5.41, 5.74) is 2.76. The van der Waals surface area contributed by atoms with E-state index >= 15 is 0 Å². The Morgan fingerprint density at radius 3 is 2.44 bits per heavy atom. The second-order valence-electron chi connectivity index (χ2n) is 5.78. The number of benzene rings is 2. The summed E-state index contributed by atoms with van der Waals surface area (Å²) in [6, 6.07) is 15.4. The van der Waals surface area contributed by atoms with Gasteiger partial charge in [0.1, 0.15) is 4.99 Å². The molecule has 0 spiro atoms. The molecule has 0 saturated carbocycles. The standard InChI is InChI=1S/C19H14Cl2N2O2S2/c1-27(24,25)13-6-7-14(17(21)11-13)19(26)23-12-5-8-16(20)15(10-12)18-4-2-3-9-22-18/h2-11H,1H3,(H,23,26). The molecular weight excluding hydrogens is 423 g/mol. The lowest BCUT2D eigenvalue weighted by molar-refractivity contribution is 0.602. The molecule has 138 valence electrons. The van der Waals surface area contributed by atoms with Crippen LogP contribution in [0, 0.1) is 0 Å². The summed E-state index contributed by atoms with van der Waals surface area (Å²) < 4.78 is 23.3. The summed E-state index contributed by atoms with van der Waals surface area (Å²) in [7, 11) is -3.34. The van der Waals surface area contributed by atoms with Gasteiger partial charge >= 0.3 is 0 Å². The highest BCUT2D eigenvalue weighted by Gasteiger charge is 2.13. The van der Waals surface area contributed by atoms with Crippen LogP contribution < -0.4 is 5.32 Å². The first-order valence-corrected chi connectivity index (χ1v) is 10.8. The third-order valence-corrected chi connectivity index (χ3v) is 5.85. The summed E-state index contributed by atoms with van der Waals surface area (Å²) in [6.07, 6.45) is 2.82. The van der Waals surface area contributed by atoms with Crippen LogP contribution in [0.1, 0.15) is 5.56 Å². The van der Waals surface area contributed by atoms with Crippen molar-refractivity contribution in [2.45, 2.75) is 4.90 Å². The van der Waals surface area contributed by atoms with Crippen molar-refractivity contribution in [2.24, 2.45) is 0 Å². The molecule has 0 aliphatic carbocycles. The van der Waals surface area contributed by atoms with Crippen molar-refractivity contribution in [3.05, 3.63) is 76.4 Å². The Hall–Kier alpha value is -1.99. The van der Waals surface area contributed by atoms with Gasteiger partial charge in [0.05, 0.1) is 20.6 Å². The van der Waals surface area contributed by atoms with E-state index in [4.69, 9.17) is 35.4 Å². The lowest BCUT2D eigenvalue weighted by Crippen LogP contribution is -2.11. The number of hydrogen-bond donors (Lipinski definition) is 1. The number of nitrogens with one attached hydrogen (secondary N) is 1. The SMILES string of the molecule is CS(=O)(=O)c1ccc(C(=S)Nc2ccc(Cl)c(-c3ccccn3)c2)c(Cl)c1. The maximum atomic E-state index is 11.6. The summed E-state index contributed by atoms with van der Waals surface area (Å²) in [4.78, 5) is 4.82. The minimum absolute atomic E-state index is 0.142. The quantitative estimate of drug-likeness (QED) is 0.566. The monoisotopic (exact) mass is 436 g/mol. The van der Waals surface area contributed by atoms with Gasteiger partial charge < -0.3 is 5.32 Å². The van der Waals surface area contributed by atoms with Crippen molar-refractivity contribution in [3.8, 4) is 11.3 Å². The van der Waals surface area contributed by atoms with Crippen molar-refractivity contribution in [2.75, 3.05) is 11.6 Å². The van der Waals surface area contributed by atoms with Gasteiger partial charge in [-0.25, -0.2) is 8.42 Å². The van der Waals surface area contributed by atoms with Gasteiger partial charge in [0.2, 0.25) is 0 Å². The number of sulfone groups is 1. The highest BCUT2D eigenvalue weighted by atomic mass is 35.5. The highest BCUT2D eigenvalue weighted by Crippen LogP contribution is 2.30. The molecule has 0 radical (unpaired) electrons. The fourth-order valence-corrected chi connectivity index (χ4v) is 3.98. The van der Waals surface area contributed by atoms with Gasteiger partial charge in [-0.15, -0.1) is 0 Å². The number of nitrogens with zero attached hydrogens (tertiary/aromatic N) is 1. The zero-order valence-electron chi connectivity index (χ0n) is 14.1. The molecule has 1 heterocycles. The van der Waals surface area contributed by atoms with Crippen LogP contribution in [0.15, 0.2) is 65.7 Å². The Morgan fingerprint density at radius 1 is 1.04 bits per heavy atom. The van der Waals surface area contributed by atoms with Crippen LogP contribution in [-0.2, 0) is 9.84 Å². The normalized spacial score (nSPS) is 11.2. The Balaban J connectivity index is 1.89. The van der Waals surface area contributed by atoms with E-state index in [1.165, 1.54) is 12.1 Å². The van der Waals surface area contributed by atoms with E-state index in [0.717, 1.165) is 17.5 Å². The average Bonchev–Trinajstić information content (AvgIpc) is 2.63. The van der Waals surface area contributed by atoms with Crippen molar-refractivity contribution < 1.29 is 8.42 Å². The van der Waals surface area contributed by atoms with Crippen molar-refractivity contribution in [1.82, 2.24) is 4.98 Å². The minimum atomic E-state index is -3.34. The number of pyridine rings is 1. The minimum Gasteiger partial charge on any atom is -0.346 e. The predicted molar refractivity (Wildman–Crippen MR) is 115 cm³/mol. The van der Waals surface area contributed by atoms with Gasteiger partial charge in [-0.05, 0) is 48.5 Å². The smallest absolute Gasteiger partial charge is 0.175 e. The lowest BCUT2D eigenvalue weighted by Gasteiger charge is -2.12. The molecule has 0 saturated heterocycles. The van der Waals surface area contributed by atoms with Crippen molar-refractivity contribution in [3.63, 3.8) is 0 Å². The number of rotatable bonds is 4. The van der Waals surface area contributed by atoms with Gasteiger partial charge in [-0.1, -0.05) is 41.5 Å². The molecule has 27 heavy (non-hydrogen) atoms. The van der Waals surface area contributed by atoms with Gasteiger partial charge in [0.15, 0.2) is 9.84 Å². The van der Waals surface area contributed by atoms with Crippen LogP contribution in [0.2, 0.25) is 10.0 Å². The predicted octanol–water partition coefficient (Wildman–Crippen LogP) is 5.25. The number of aromatic nitrogens is 1. The average molecular weight is 437 g/mol. The maximum absolute atomic E-state index is 11.6. The summed E-state index contributed by atoms with van der Waals surface area (Å²) in [5, 5.41) is 3.93. The summed E-state index contributed by atoms with van der Waals surface area (Å²) >= 11 is 17.9. The first-order valence-electron chi connectivity index (χ1n) is 7.77. The van der Waals surface area contributed by atoms with Crippen LogP contribution >= 0.6 is 35.4 Å². The van der Waals surface area contributed by atoms with Crippen LogP contribution in [0.5, 0.6) is 0 Å². The second kappa shape index (κ2) is 7.94. The Morgan fingerprint density at radius 2 is 1.81 bits per heavy atom. The molecule has 0 aliphatic heterocycles. The summed E-state index contributed by atoms with van der Waals surface area (Å²) in [6.45, 7) is 0. The molecule has 8 heteroatoms.